The minimum Gasteiger partial charge on any atom is -0.390 e. The van der Waals surface area contributed by atoms with Gasteiger partial charge in [-0.3, -0.25) is 0 Å². The van der Waals surface area contributed by atoms with Gasteiger partial charge in [0, 0.05) is 4.91 Å². The highest BCUT2D eigenvalue weighted by molar-refractivity contribution is 4.79. The fourth-order valence-electron chi connectivity index (χ4n) is 0.219. The summed E-state index contributed by atoms with van der Waals surface area (Å²) in [5.74, 6) is 0. The zero-order valence-corrected chi connectivity index (χ0v) is 5.87. The van der Waals surface area contributed by atoms with Crippen LogP contribution in [-0.2, 0) is 0 Å². The molecule has 0 saturated heterocycles. The van der Waals surface area contributed by atoms with Crippen LogP contribution in [-0.4, -0.2) is 16.7 Å². The van der Waals surface area contributed by atoms with Crippen LogP contribution >= 0.6 is 0 Å². The quantitative estimate of drug-likeness (QED) is 0.342. The van der Waals surface area contributed by atoms with Gasteiger partial charge in [-0.15, -0.1) is 0 Å². The minimum atomic E-state index is -0.910. The second-order valence-electron chi connectivity index (χ2n) is 2.53. The van der Waals surface area contributed by atoms with Crippen molar-refractivity contribution in [2.24, 2.45) is 5.11 Å². The van der Waals surface area contributed by atoms with Gasteiger partial charge in [0.05, 0.1) is 11.6 Å². The number of nitrogens with zero attached hydrogens (tertiary/aromatic N) is 3. The van der Waals surface area contributed by atoms with E-state index in [0.717, 1.165) is 0 Å². The van der Waals surface area contributed by atoms with Crippen LogP contribution in [0.25, 0.3) is 10.4 Å². The van der Waals surface area contributed by atoms with Crippen molar-refractivity contribution in [1.29, 1.82) is 0 Å². The standard InChI is InChI=1S/C5H11N3O/c1-4(7-8-6)5(2,3)9/h4,9H,1-3H3. The summed E-state index contributed by atoms with van der Waals surface area (Å²) in [4.78, 5) is 2.57. The van der Waals surface area contributed by atoms with Crippen molar-refractivity contribution in [2.45, 2.75) is 32.4 Å². The Morgan fingerprint density at radius 2 is 2.11 bits per heavy atom. The van der Waals surface area contributed by atoms with Gasteiger partial charge in [0.15, 0.2) is 0 Å². The zero-order valence-electron chi connectivity index (χ0n) is 5.87. The highest BCUT2D eigenvalue weighted by Crippen LogP contribution is 2.10. The van der Waals surface area contributed by atoms with Gasteiger partial charge in [-0.05, 0) is 19.4 Å². The van der Waals surface area contributed by atoms with E-state index in [1.54, 1.807) is 20.8 Å². The molecule has 0 heterocycles. The van der Waals surface area contributed by atoms with Crippen molar-refractivity contribution in [3.8, 4) is 0 Å². The minimum absolute atomic E-state index is 0.373. The van der Waals surface area contributed by atoms with Crippen molar-refractivity contribution >= 4 is 0 Å². The summed E-state index contributed by atoms with van der Waals surface area (Å²) in [5, 5.41) is 12.5. The molecule has 4 heteroatoms. The Bertz CT molecular complexity index is 132. The van der Waals surface area contributed by atoms with E-state index in [1.807, 2.05) is 0 Å². The molecular weight excluding hydrogens is 118 g/mol. The predicted octanol–water partition coefficient (Wildman–Crippen LogP) is 1.46. The van der Waals surface area contributed by atoms with Gasteiger partial charge in [0.1, 0.15) is 0 Å². The van der Waals surface area contributed by atoms with Crippen molar-refractivity contribution < 1.29 is 5.11 Å². The molecule has 0 aliphatic rings. The fraction of sp³-hybridized carbons (Fsp3) is 1.00. The highest BCUT2D eigenvalue weighted by atomic mass is 16.3. The molecule has 0 rings (SSSR count). The Morgan fingerprint density at radius 3 is 2.22 bits per heavy atom. The molecule has 0 aliphatic carbocycles. The largest absolute Gasteiger partial charge is 0.390 e. The molecule has 4 nitrogen and oxygen atoms in total. The first-order valence-corrected chi connectivity index (χ1v) is 2.75. The monoisotopic (exact) mass is 129 g/mol. The van der Waals surface area contributed by atoms with Gasteiger partial charge >= 0.3 is 0 Å². The Balaban J connectivity index is 4.03. The number of hydrogen-bond donors (Lipinski definition) is 1. The van der Waals surface area contributed by atoms with E-state index in [9.17, 15) is 0 Å². The van der Waals surface area contributed by atoms with E-state index in [4.69, 9.17) is 10.6 Å². The summed E-state index contributed by atoms with van der Waals surface area (Å²) in [6.45, 7) is 4.87. The summed E-state index contributed by atoms with van der Waals surface area (Å²) in [7, 11) is 0. The summed E-state index contributed by atoms with van der Waals surface area (Å²) in [6, 6.07) is -0.373. The van der Waals surface area contributed by atoms with E-state index >= 15 is 0 Å². The molecule has 0 spiro atoms. The average Bonchev–Trinajstić information content (AvgIpc) is 1.64. The van der Waals surface area contributed by atoms with Crippen LogP contribution in [0.2, 0.25) is 0 Å². The smallest absolute Gasteiger partial charge is 0.0673 e. The molecule has 0 bridgehead atoms. The lowest BCUT2D eigenvalue weighted by Gasteiger charge is -2.20. The van der Waals surface area contributed by atoms with E-state index < -0.39 is 5.60 Å². The van der Waals surface area contributed by atoms with E-state index in [-0.39, 0.29) is 6.04 Å². The van der Waals surface area contributed by atoms with Crippen molar-refractivity contribution in [2.75, 3.05) is 0 Å². The second-order valence-corrected chi connectivity index (χ2v) is 2.53. The predicted molar refractivity (Wildman–Crippen MR) is 34.9 cm³/mol. The van der Waals surface area contributed by atoms with Gasteiger partial charge in [0.25, 0.3) is 0 Å². The summed E-state index contributed by atoms with van der Waals surface area (Å²) < 4.78 is 0. The third-order valence-electron chi connectivity index (χ3n) is 1.25. The number of aliphatic hydroxyl groups is 1. The fourth-order valence-corrected chi connectivity index (χ4v) is 0.219. The molecule has 1 N–H and O–H groups in total. The Morgan fingerprint density at radius 1 is 1.67 bits per heavy atom. The summed E-state index contributed by atoms with van der Waals surface area (Å²) >= 11 is 0. The lowest BCUT2D eigenvalue weighted by atomic mass is 10.0. The highest BCUT2D eigenvalue weighted by Gasteiger charge is 2.20. The van der Waals surface area contributed by atoms with Gasteiger partial charge in [-0.25, -0.2) is 0 Å². The molecule has 0 aliphatic heterocycles. The first-order chi connectivity index (χ1) is 3.98. The molecule has 0 aromatic rings. The normalized spacial score (nSPS) is 14.2. The third-order valence-corrected chi connectivity index (χ3v) is 1.25. The average molecular weight is 129 g/mol. The van der Waals surface area contributed by atoms with Crippen LogP contribution < -0.4 is 0 Å². The van der Waals surface area contributed by atoms with Gasteiger partial charge < -0.3 is 5.11 Å². The maximum atomic E-state index is 9.15. The van der Waals surface area contributed by atoms with Crippen LogP contribution in [0.15, 0.2) is 5.11 Å². The maximum absolute atomic E-state index is 9.15. The lowest BCUT2D eigenvalue weighted by Crippen LogP contribution is -2.31. The van der Waals surface area contributed by atoms with Gasteiger partial charge in [-0.1, -0.05) is 12.0 Å². The van der Waals surface area contributed by atoms with Crippen LogP contribution in [0.3, 0.4) is 0 Å². The molecule has 1 atom stereocenters. The molecule has 52 valence electrons. The zero-order chi connectivity index (χ0) is 7.49. The van der Waals surface area contributed by atoms with Crippen LogP contribution in [0.4, 0.5) is 0 Å². The topological polar surface area (TPSA) is 69.0 Å². The third kappa shape index (κ3) is 2.95. The molecule has 0 fully saturated rings. The van der Waals surface area contributed by atoms with Crippen molar-refractivity contribution in [3.63, 3.8) is 0 Å². The first kappa shape index (κ1) is 8.27. The molecular formula is C5H11N3O. The van der Waals surface area contributed by atoms with Crippen LogP contribution in [0.5, 0.6) is 0 Å². The Labute approximate surface area is 54.1 Å². The van der Waals surface area contributed by atoms with E-state index in [1.165, 1.54) is 0 Å². The maximum Gasteiger partial charge on any atom is 0.0673 e. The van der Waals surface area contributed by atoms with Gasteiger partial charge in [0.2, 0.25) is 0 Å². The number of azide groups is 1. The molecule has 0 saturated carbocycles. The molecule has 0 aromatic heterocycles. The molecule has 0 amide bonds. The number of rotatable bonds is 2. The van der Waals surface area contributed by atoms with Crippen LogP contribution in [0, 0.1) is 0 Å². The molecule has 0 radical (unpaired) electrons. The molecule has 1 unspecified atom stereocenters. The number of hydrogen-bond acceptors (Lipinski definition) is 2. The molecule has 9 heavy (non-hydrogen) atoms. The summed E-state index contributed by atoms with van der Waals surface area (Å²) in [5.41, 5.74) is 7.04. The lowest BCUT2D eigenvalue weighted by molar-refractivity contribution is 0.0584. The van der Waals surface area contributed by atoms with Crippen molar-refractivity contribution in [3.05, 3.63) is 10.4 Å². The van der Waals surface area contributed by atoms with Crippen LogP contribution in [0.1, 0.15) is 20.8 Å². The SMILES string of the molecule is CC(N=[N+]=[N-])C(C)(C)O. The second kappa shape index (κ2) is 2.71. The summed E-state index contributed by atoms with van der Waals surface area (Å²) in [6.07, 6.45) is 0. The van der Waals surface area contributed by atoms with Crippen molar-refractivity contribution in [1.82, 2.24) is 0 Å². The Hall–Kier alpha value is -0.730. The first-order valence-electron chi connectivity index (χ1n) is 2.75. The van der Waals surface area contributed by atoms with Gasteiger partial charge in [-0.2, -0.15) is 0 Å². The molecule has 0 aromatic carbocycles. The van der Waals surface area contributed by atoms with E-state index in [2.05, 4.69) is 10.0 Å². The Kier molecular flexibility index (Phi) is 2.49. The van der Waals surface area contributed by atoms with E-state index in [0.29, 0.717) is 0 Å².